The molecule has 0 radical (unpaired) electrons. The highest BCUT2D eigenvalue weighted by Crippen LogP contribution is 2.19. The van der Waals surface area contributed by atoms with Crippen LogP contribution in [0.3, 0.4) is 0 Å². The summed E-state index contributed by atoms with van der Waals surface area (Å²) in [6.45, 7) is 10.2. The van der Waals surface area contributed by atoms with E-state index in [0.29, 0.717) is 11.7 Å². The van der Waals surface area contributed by atoms with Gasteiger partial charge >= 0.3 is 0 Å². The number of carbonyl (C=O) groups excluding carboxylic acids is 1. The third-order valence-electron chi connectivity index (χ3n) is 1.79. The third kappa shape index (κ3) is 6.38. The number of hydrogen-bond donors (Lipinski definition) is 0. The molecule has 0 fully saturated rings. The van der Waals surface area contributed by atoms with Crippen molar-refractivity contribution < 1.29 is 4.79 Å². The van der Waals surface area contributed by atoms with Crippen molar-refractivity contribution in [2.45, 2.75) is 54.9 Å². The van der Waals surface area contributed by atoms with E-state index in [2.05, 4.69) is 13.8 Å². The number of Topliss-reactive ketones (excluding diaryl/α,β-unsaturated/α-hetero) is 1. The molecule has 12 heavy (non-hydrogen) atoms. The van der Waals surface area contributed by atoms with Crippen molar-refractivity contribution in [2.24, 2.45) is 11.3 Å². The summed E-state index contributed by atoms with van der Waals surface area (Å²) >= 11 is 0. The Balaban J connectivity index is 0. The Hall–Kier alpha value is -0.330. The summed E-state index contributed by atoms with van der Waals surface area (Å²) in [6, 6.07) is 0. The Morgan fingerprint density at radius 2 is 1.67 bits per heavy atom. The average molecular weight is 172 g/mol. The highest BCUT2D eigenvalue weighted by atomic mass is 16.1. The number of hydrogen-bond acceptors (Lipinski definition) is 1. The molecule has 0 atom stereocenters. The van der Waals surface area contributed by atoms with Crippen LogP contribution in [0.5, 0.6) is 0 Å². The van der Waals surface area contributed by atoms with Crippen molar-refractivity contribution in [3.05, 3.63) is 0 Å². The van der Waals surface area contributed by atoms with E-state index in [-0.39, 0.29) is 12.8 Å². The van der Waals surface area contributed by atoms with Gasteiger partial charge in [0.25, 0.3) is 0 Å². The fourth-order valence-electron chi connectivity index (χ4n) is 0.795. The maximum Gasteiger partial charge on any atom is 0.138 e. The molecule has 0 saturated carbocycles. The molecule has 0 N–H and O–H groups in total. The van der Waals surface area contributed by atoms with Gasteiger partial charge in [-0.15, -0.1) is 0 Å². The molecule has 1 heteroatoms. The van der Waals surface area contributed by atoms with Gasteiger partial charge in [-0.05, 0) is 12.3 Å². The molecule has 0 aromatic heterocycles. The highest BCUT2D eigenvalue weighted by Gasteiger charge is 2.20. The molecule has 74 valence electrons. The molecule has 0 rings (SSSR count). The van der Waals surface area contributed by atoms with Crippen LogP contribution in [0, 0.1) is 11.3 Å². The van der Waals surface area contributed by atoms with E-state index in [1.165, 1.54) is 0 Å². The molecule has 0 bridgehead atoms. The van der Waals surface area contributed by atoms with Gasteiger partial charge < -0.3 is 0 Å². The van der Waals surface area contributed by atoms with Crippen molar-refractivity contribution >= 4 is 5.78 Å². The molecule has 0 aliphatic carbocycles. The maximum absolute atomic E-state index is 11.4. The molecule has 1 nitrogen and oxygen atoms in total. The summed E-state index contributed by atoms with van der Waals surface area (Å²) in [4.78, 5) is 11.4. The molecule has 0 heterocycles. The molecule has 0 saturated heterocycles. The quantitative estimate of drug-likeness (QED) is 0.634. The maximum atomic E-state index is 11.4. The smallest absolute Gasteiger partial charge is 0.138 e. The Morgan fingerprint density at radius 1 is 1.25 bits per heavy atom. The Labute approximate surface area is 77.6 Å². The molecular weight excluding hydrogens is 148 g/mol. The van der Waals surface area contributed by atoms with E-state index in [1.54, 1.807) is 0 Å². The van der Waals surface area contributed by atoms with Crippen LogP contribution in [0.25, 0.3) is 0 Å². The standard InChI is InChI=1S/C10H20O.CH4/c1-8(2)6-7-9(11)10(3,4)5;/h8H,6-7H2,1-5H3;1H4. The van der Waals surface area contributed by atoms with E-state index < -0.39 is 0 Å². The van der Waals surface area contributed by atoms with Crippen molar-refractivity contribution in [2.75, 3.05) is 0 Å². The predicted molar refractivity (Wildman–Crippen MR) is 55.3 cm³/mol. The molecule has 0 spiro atoms. The zero-order valence-electron chi connectivity index (χ0n) is 8.40. The lowest BCUT2D eigenvalue weighted by atomic mass is 9.87. The first-order chi connectivity index (χ1) is 4.84. The highest BCUT2D eigenvalue weighted by molar-refractivity contribution is 5.83. The zero-order chi connectivity index (χ0) is 9.07. The van der Waals surface area contributed by atoms with Gasteiger partial charge in [-0.2, -0.15) is 0 Å². The van der Waals surface area contributed by atoms with Gasteiger partial charge in [-0.3, -0.25) is 4.79 Å². The molecule has 0 aliphatic heterocycles. The van der Waals surface area contributed by atoms with E-state index in [9.17, 15) is 4.79 Å². The first kappa shape index (κ1) is 14.2. The minimum absolute atomic E-state index is 0. The SMILES string of the molecule is C.CC(C)CCC(=O)C(C)(C)C. The van der Waals surface area contributed by atoms with Gasteiger partial charge in [-0.1, -0.05) is 42.0 Å². The van der Waals surface area contributed by atoms with Crippen LogP contribution in [0.1, 0.15) is 54.9 Å². The first-order valence-corrected chi connectivity index (χ1v) is 4.37. The van der Waals surface area contributed by atoms with Crippen molar-refractivity contribution in [3.8, 4) is 0 Å². The molecular formula is C11H24O. The van der Waals surface area contributed by atoms with Crippen molar-refractivity contribution in [1.29, 1.82) is 0 Å². The summed E-state index contributed by atoms with van der Waals surface area (Å²) in [5.74, 6) is 1.02. The van der Waals surface area contributed by atoms with E-state index >= 15 is 0 Å². The predicted octanol–water partition coefficient (Wildman–Crippen LogP) is 3.67. The molecule has 0 aliphatic rings. The normalized spacial score (nSPS) is 11.2. The minimum atomic E-state index is -0.144. The van der Waals surface area contributed by atoms with Gasteiger partial charge in [0, 0.05) is 11.8 Å². The average Bonchev–Trinajstić information content (AvgIpc) is 1.80. The second kappa shape index (κ2) is 5.34. The van der Waals surface area contributed by atoms with Gasteiger partial charge in [0.05, 0.1) is 0 Å². The minimum Gasteiger partial charge on any atom is -0.299 e. The first-order valence-electron chi connectivity index (χ1n) is 4.37. The van der Waals surface area contributed by atoms with Gasteiger partial charge in [-0.25, -0.2) is 0 Å². The van der Waals surface area contributed by atoms with Gasteiger partial charge in [0.1, 0.15) is 5.78 Å². The third-order valence-corrected chi connectivity index (χ3v) is 1.79. The monoisotopic (exact) mass is 172 g/mol. The van der Waals surface area contributed by atoms with Crippen molar-refractivity contribution in [1.82, 2.24) is 0 Å². The van der Waals surface area contributed by atoms with Crippen LogP contribution in [0.4, 0.5) is 0 Å². The number of rotatable bonds is 3. The van der Waals surface area contributed by atoms with Crippen LogP contribution in [-0.4, -0.2) is 5.78 Å². The zero-order valence-corrected chi connectivity index (χ0v) is 8.40. The summed E-state index contributed by atoms with van der Waals surface area (Å²) in [7, 11) is 0. The topological polar surface area (TPSA) is 17.1 Å². The Morgan fingerprint density at radius 3 is 1.92 bits per heavy atom. The van der Waals surface area contributed by atoms with Crippen LogP contribution in [0.2, 0.25) is 0 Å². The molecule has 0 amide bonds. The lowest BCUT2D eigenvalue weighted by molar-refractivity contribution is -0.126. The summed E-state index contributed by atoms with van der Waals surface area (Å²) in [6.07, 6.45) is 1.76. The van der Waals surface area contributed by atoms with Crippen LogP contribution in [0.15, 0.2) is 0 Å². The number of ketones is 1. The molecule has 0 aromatic carbocycles. The van der Waals surface area contributed by atoms with Gasteiger partial charge in [0.15, 0.2) is 0 Å². The van der Waals surface area contributed by atoms with Crippen LogP contribution in [-0.2, 0) is 4.79 Å². The second-order valence-electron chi connectivity index (χ2n) is 4.61. The summed E-state index contributed by atoms with van der Waals surface area (Å²) < 4.78 is 0. The van der Waals surface area contributed by atoms with Crippen LogP contribution >= 0.6 is 0 Å². The molecule has 0 aromatic rings. The Bertz CT molecular complexity index is 128. The fraction of sp³-hybridized carbons (Fsp3) is 0.909. The Kier molecular flexibility index (Phi) is 6.32. The fourth-order valence-corrected chi connectivity index (χ4v) is 0.795. The van der Waals surface area contributed by atoms with E-state index in [0.717, 1.165) is 12.8 Å². The van der Waals surface area contributed by atoms with Crippen LogP contribution < -0.4 is 0 Å². The lowest BCUT2D eigenvalue weighted by Crippen LogP contribution is -2.20. The second-order valence-corrected chi connectivity index (χ2v) is 4.61. The van der Waals surface area contributed by atoms with Crippen molar-refractivity contribution in [3.63, 3.8) is 0 Å². The van der Waals surface area contributed by atoms with E-state index in [4.69, 9.17) is 0 Å². The van der Waals surface area contributed by atoms with Gasteiger partial charge in [0.2, 0.25) is 0 Å². The summed E-state index contributed by atoms with van der Waals surface area (Å²) in [5.41, 5.74) is -0.144. The number of carbonyl (C=O) groups is 1. The molecule has 0 unspecified atom stereocenters. The summed E-state index contributed by atoms with van der Waals surface area (Å²) in [5, 5.41) is 0. The largest absolute Gasteiger partial charge is 0.299 e. The lowest BCUT2D eigenvalue weighted by Gasteiger charge is -2.16. The van der Waals surface area contributed by atoms with E-state index in [1.807, 2.05) is 20.8 Å².